The lowest BCUT2D eigenvalue weighted by Gasteiger charge is -2.38. The first-order valence-corrected chi connectivity index (χ1v) is 6.70. The van der Waals surface area contributed by atoms with Gasteiger partial charge < -0.3 is 0 Å². The highest BCUT2D eigenvalue weighted by Gasteiger charge is 2.31. The van der Waals surface area contributed by atoms with Gasteiger partial charge in [-0.1, -0.05) is 53.4 Å². The van der Waals surface area contributed by atoms with Gasteiger partial charge in [0.15, 0.2) is 0 Å². The molecule has 0 nitrogen and oxygen atoms in total. The van der Waals surface area contributed by atoms with Crippen LogP contribution >= 0.6 is 0 Å². The molecule has 14 heavy (non-hydrogen) atoms. The molecule has 0 bridgehead atoms. The fourth-order valence-corrected chi connectivity index (χ4v) is 3.21. The molecule has 0 aromatic carbocycles. The first-order chi connectivity index (χ1) is 6.70. The van der Waals surface area contributed by atoms with Gasteiger partial charge in [-0.15, -0.1) is 0 Å². The van der Waals surface area contributed by atoms with E-state index in [0.717, 1.165) is 23.7 Å². The summed E-state index contributed by atoms with van der Waals surface area (Å²) in [6, 6.07) is 0. The minimum Gasteiger partial charge on any atom is -0.0651 e. The monoisotopic (exact) mass is 196 g/mol. The molecule has 1 aliphatic carbocycles. The second-order valence-corrected chi connectivity index (χ2v) is 5.38. The van der Waals surface area contributed by atoms with Gasteiger partial charge in [0.1, 0.15) is 0 Å². The van der Waals surface area contributed by atoms with Crippen molar-refractivity contribution in [3.05, 3.63) is 0 Å². The van der Waals surface area contributed by atoms with Crippen LogP contribution in [0, 0.1) is 23.7 Å². The average molecular weight is 196 g/mol. The largest absolute Gasteiger partial charge is 0.0651 e. The fourth-order valence-electron chi connectivity index (χ4n) is 3.21. The van der Waals surface area contributed by atoms with E-state index in [1.54, 1.807) is 0 Å². The van der Waals surface area contributed by atoms with Crippen LogP contribution in [0.1, 0.15) is 66.2 Å². The van der Waals surface area contributed by atoms with Crippen molar-refractivity contribution in [2.24, 2.45) is 23.7 Å². The van der Waals surface area contributed by atoms with E-state index in [4.69, 9.17) is 0 Å². The number of hydrogen-bond donors (Lipinski definition) is 0. The van der Waals surface area contributed by atoms with E-state index in [1.807, 2.05) is 0 Å². The maximum Gasteiger partial charge on any atom is -0.0358 e. The normalized spacial score (nSPS) is 32.6. The van der Waals surface area contributed by atoms with Gasteiger partial charge in [0.25, 0.3) is 0 Å². The summed E-state index contributed by atoms with van der Waals surface area (Å²) < 4.78 is 0. The molecule has 1 rings (SSSR count). The Bertz CT molecular complexity index is 132. The minimum atomic E-state index is 0.953. The highest BCUT2D eigenvalue weighted by atomic mass is 14.4. The Labute approximate surface area is 90.5 Å². The summed E-state index contributed by atoms with van der Waals surface area (Å²) in [4.78, 5) is 0. The van der Waals surface area contributed by atoms with Crippen LogP contribution in [0.4, 0.5) is 0 Å². The molecular weight excluding hydrogens is 168 g/mol. The van der Waals surface area contributed by atoms with Crippen molar-refractivity contribution in [1.29, 1.82) is 0 Å². The van der Waals surface area contributed by atoms with Gasteiger partial charge in [-0.05, 0) is 36.5 Å². The average Bonchev–Trinajstić information content (AvgIpc) is 2.27. The first kappa shape index (κ1) is 12.1. The zero-order chi connectivity index (χ0) is 10.6. The quantitative estimate of drug-likeness (QED) is 0.601. The molecule has 0 heteroatoms. The lowest BCUT2D eigenvalue weighted by Crippen LogP contribution is -2.29. The van der Waals surface area contributed by atoms with Crippen molar-refractivity contribution in [3.63, 3.8) is 0 Å². The van der Waals surface area contributed by atoms with Gasteiger partial charge in [0, 0.05) is 0 Å². The Morgan fingerprint density at radius 3 is 1.50 bits per heavy atom. The Hall–Kier alpha value is 0. The molecule has 0 saturated heterocycles. The Morgan fingerprint density at radius 2 is 1.21 bits per heavy atom. The van der Waals surface area contributed by atoms with Gasteiger partial charge in [-0.2, -0.15) is 0 Å². The fraction of sp³-hybridized carbons (Fsp3) is 1.00. The molecule has 1 saturated carbocycles. The maximum absolute atomic E-state index is 2.46. The molecule has 1 aliphatic rings. The predicted octanol–water partition coefficient (Wildman–Crippen LogP) is 4.89. The molecular formula is C14H28. The summed E-state index contributed by atoms with van der Waals surface area (Å²) in [5.41, 5.74) is 0. The van der Waals surface area contributed by atoms with Crippen molar-refractivity contribution in [3.8, 4) is 0 Å². The van der Waals surface area contributed by atoms with Crippen molar-refractivity contribution >= 4 is 0 Å². The van der Waals surface area contributed by atoms with Gasteiger partial charge in [-0.25, -0.2) is 0 Å². The van der Waals surface area contributed by atoms with Crippen LogP contribution in [0.3, 0.4) is 0 Å². The van der Waals surface area contributed by atoms with Crippen molar-refractivity contribution in [2.75, 3.05) is 0 Å². The zero-order valence-corrected chi connectivity index (χ0v) is 10.6. The van der Waals surface area contributed by atoms with E-state index in [2.05, 4.69) is 27.7 Å². The SMILES string of the molecule is CCC(C)C1CCCCC1C(C)CC. The van der Waals surface area contributed by atoms with Crippen LogP contribution < -0.4 is 0 Å². The molecule has 0 aromatic rings. The summed E-state index contributed by atoms with van der Waals surface area (Å²) in [6.45, 7) is 9.64. The third kappa shape index (κ3) is 2.74. The van der Waals surface area contributed by atoms with Crippen molar-refractivity contribution in [1.82, 2.24) is 0 Å². The Balaban J connectivity index is 2.58. The van der Waals surface area contributed by atoms with Crippen LogP contribution in [-0.4, -0.2) is 0 Å². The summed E-state index contributed by atoms with van der Waals surface area (Å²) in [7, 11) is 0. The van der Waals surface area contributed by atoms with E-state index in [0.29, 0.717) is 0 Å². The van der Waals surface area contributed by atoms with Crippen LogP contribution in [0.5, 0.6) is 0 Å². The maximum atomic E-state index is 2.46. The molecule has 4 atom stereocenters. The molecule has 0 spiro atoms. The zero-order valence-electron chi connectivity index (χ0n) is 10.6. The molecule has 0 aromatic heterocycles. The van der Waals surface area contributed by atoms with E-state index < -0.39 is 0 Å². The Kier molecular flexibility index (Phi) is 4.98. The third-order valence-corrected chi connectivity index (χ3v) is 4.62. The third-order valence-electron chi connectivity index (χ3n) is 4.62. The van der Waals surface area contributed by atoms with Crippen LogP contribution in [0.15, 0.2) is 0 Å². The molecule has 0 radical (unpaired) electrons. The van der Waals surface area contributed by atoms with Gasteiger partial charge in [-0.3, -0.25) is 0 Å². The van der Waals surface area contributed by atoms with Gasteiger partial charge in [0.05, 0.1) is 0 Å². The molecule has 4 unspecified atom stereocenters. The lowest BCUT2D eigenvalue weighted by atomic mass is 9.67. The second kappa shape index (κ2) is 5.78. The summed E-state index contributed by atoms with van der Waals surface area (Å²) in [5, 5.41) is 0. The number of rotatable bonds is 4. The standard InChI is InChI=1S/C14H28/c1-5-11(3)13-9-7-8-10-14(13)12(4)6-2/h11-14H,5-10H2,1-4H3. The topological polar surface area (TPSA) is 0 Å². The lowest BCUT2D eigenvalue weighted by molar-refractivity contribution is 0.116. The van der Waals surface area contributed by atoms with Gasteiger partial charge in [0.2, 0.25) is 0 Å². The Morgan fingerprint density at radius 1 is 0.857 bits per heavy atom. The molecule has 0 amide bonds. The number of hydrogen-bond acceptors (Lipinski definition) is 0. The second-order valence-electron chi connectivity index (χ2n) is 5.38. The van der Waals surface area contributed by atoms with Crippen LogP contribution in [-0.2, 0) is 0 Å². The van der Waals surface area contributed by atoms with E-state index in [9.17, 15) is 0 Å². The molecule has 0 heterocycles. The highest BCUT2D eigenvalue weighted by molar-refractivity contribution is 4.81. The van der Waals surface area contributed by atoms with Crippen molar-refractivity contribution < 1.29 is 0 Å². The first-order valence-electron chi connectivity index (χ1n) is 6.70. The van der Waals surface area contributed by atoms with Crippen LogP contribution in [0.2, 0.25) is 0 Å². The van der Waals surface area contributed by atoms with E-state index >= 15 is 0 Å². The summed E-state index contributed by atoms with van der Waals surface area (Å²) in [5.74, 6) is 3.97. The van der Waals surface area contributed by atoms with Gasteiger partial charge >= 0.3 is 0 Å². The molecule has 0 N–H and O–H groups in total. The summed E-state index contributed by atoms with van der Waals surface area (Å²) in [6.07, 6.45) is 8.73. The molecule has 1 fully saturated rings. The summed E-state index contributed by atoms with van der Waals surface area (Å²) >= 11 is 0. The van der Waals surface area contributed by atoms with Crippen molar-refractivity contribution in [2.45, 2.75) is 66.2 Å². The highest BCUT2D eigenvalue weighted by Crippen LogP contribution is 2.41. The molecule has 84 valence electrons. The van der Waals surface area contributed by atoms with Crippen LogP contribution in [0.25, 0.3) is 0 Å². The minimum absolute atomic E-state index is 0.953. The smallest absolute Gasteiger partial charge is 0.0358 e. The predicted molar refractivity (Wildman–Crippen MR) is 64.4 cm³/mol. The van der Waals surface area contributed by atoms with E-state index in [-0.39, 0.29) is 0 Å². The van der Waals surface area contributed by atoms with E-state index in [1.165, 1.54) is 38.5 Å². The molecule has 0 aliphatic heterocycles.